The standard InChI is InChI=1S/C23H27N3O7/c1-3-33-18-12-14(11-16(22(18)28)26(30)31)20-19(23(29)25-7-9-32-10-8-25)13(2)24-15-5-4-6-17(27)21(15)20/h11-12,20,24,28H,3-10H2,1-2H3/t20-/m1/s1. The van der Waals surface area contributed by atoms with E-state index >= 15 is 0 Å². The summed E-state index contributed by atoms with van der Waals surface area (Å²) in [5.41, 5.74) is 2.00. The van der Waals surface area contributed by atoms with Crippen molar-refractivity contribution in [3.8, 4) is 11.5 Å². The molecule has 1 atom stereocenters. The van der Waals surface area contributed by atoms with Crippen LogP contribution in [0.5, 0.6) is 11.5 Å². The molecule has 2 N–H and O–H groups in total. The minimum atomic E-state index is -0.803. The number of hydrogen-bond acceptors (Lipinski definition) is 8. The number of hydrogen-bond donors (Lipinski definition) is 2. The molecule has 1 aliphatic carbocycles. The second kappa shape index (κ2) is 9.22. The van der Waals surface area contributed by atoms with E-state index in [1.165, 1.54) is 12.1 Å². The van der Waals surface area contributed by atoms with E-state index in [1.807, 2.05) is 0 Å². The Morgan fingerprint density at radius 1 is 1.33 bits per heavy atom. The average molecular weight is 457 g/mol. The molecule has 0 bridgehead atoms. The van der Waals surface area contributed by atoms with E-state index in [9.17, 15) is 24.8 Å². The highest BCUT2D eigenvalue weighted by molar-refractivity contribution is 6.05. The maximum atomic E-state index is 13.6. The second-order valence-corrected chi connectivity index (χ2v) is 8.25. The summed E-state index contributed by atoms with van der Waals surface area (Å²) < 4.78 is 10.8. The summed E-state index contributed by atoms with van der Waals surface area (Å²) in [6.07, 6.45) is 1.68. The minimum Gasteiger partial charge on any atom is -0.500 e. The molecule has 33 heavy (non-hydrogen) atoms. The fourth-order valence-corrected chi connectivity index (χ4v) is 4.72. The quantitative estimate of drug-likeness (QED) is 0.509. The number of morpholine rings is 1. The van der Waals surface area contributed by atoms with Gasteiger partial charge in [0.2, 0.25) is 5.75 Å². The fourth-order valence-electron chi connectivity index (χ4n) is 4.72. The summed E-state index contributed by atoms with van der Waals surface area (Å²) in [7, 11) is 0. The summed E-state index contributed by atoms with van der Waals surface area (Å²) in [6, 6.07) is 2.73. The lowest BCUT2D eigenvalue weighted by molar-refractivity contribution is -0.386. The molecule has 0 unspecified atom stereocenters. The number of phenolic OH excluding ortho intramolecular Hbond substituents is 1. The Bertz CT molecular complexity index is 1070. The van der Waals surface area contributed by atoms with Gasteiger partial charge in [0.25, 0.3) is 5.91 Å². The van der Waals surface area contributed by atoms with Crippen molar-refractivity contribution in [3.05, 3.63) is 50.4 Å². The maximum Gasteiger partial charge on any atom is 0.314 e. The van der Waals surface area contributed by atoms with E-state index < -0.39 is 22.3 Å². The predicted octanol–water partition coefficient (Wildman–Crippen LogP) is 2.53. The second-order valence-electron chi connectivity index (χ2n) is 8.25. The first-order valence-electron chi connectivity index (χ1n) is 11.1. The summed E-state index contributed by atoms with van der Waals surface area (Å²) >= 11 is 0. The lowest BCUT2D eigenvalue weighted by Gasteiger charge is -2.37. The van der Waals surface area contributed by atoms with Crippen molar-refractivity contribution in [2.45, 2.75) is 39.0 Å². The van der Waals surface area contributed by atoms with Crippen LogP contribution in [0.1, 0.15) is 44.6 Å². The number of dihydropyridines is 1. The molecule has 1 amide bonds. The molecule has 0 spiro atoms. The zero-order valence-corrected chi connectivity index (χ0v) is 18.7. The molecule has 176 valence electrons. The zero-order valence-electron chi connectivity index (χ0n) is 18.7. The molecule has 1 fully saturated rings. The van der Waals surface area contributed by atoms with Gasteiger partial charge in [-0.25, -0.2) is 0 Å². The molecule has 0 saturated carbocycles. The smallest absolute Gasteiger partial charge is 0.314 e. The Hall–Kier alpha value is -3.40. The van der Waals surface area contributed by atoms with Crippen LogP contribution in [-0.4, -0.2) is 59.5 Å². The average Bonchev–Trinajstić information content (AvgIpc) is 2.80. The third-order valence-electron chi connectivity index (χ3n) is 6.21. The lowest BCUT2D eigenvalue weighted by Crippen LogP contribution is -2.44. The number of nitro benzene ring substituents is 1. The van der Waals surface area contributed by atoms with Crippen LogP contribution >= 0.6 is 0 Å². The molecule has 4 rings (SSSR count). The van der Waals surface area contributed by atoms with Gasteiger partial charge in [0.1, 0.15) is 0 Å². The molecule has 2 heterocycles. The van der Waals surface area contributed by atoms with Crippen molar-refractivity contribution in [1.82, 2.24) is 10.2 Å². The lowest BCUT2D eigenvalue weighted by atomic mass is 9.74. The molecular weight excluding hydrogens is 430 g/mol. The molecular formula is C23H27N3O7. The fraction of sp³-hybridized carbons (Fsp3) is 0.478. The summed E-state index contributed by atoms with van der Waals surface area (Å²) in [6.45, 7) is 5.34. The van der Waals surface area contributed by atoms with E-state index in [4.69, 9.17) is 9.47 Å². The first kappa shape index (κ1) is 22.8. The molecule has 10 heteroatoms. The van der Waals surface area contributed by atoms with Gasteiger partial charge in [-0.2, -0.15) is 0 Å². The highest BCUT2D eigenvalue weighted by Crippen LogP contribution is 2.47. The van der Waals surface area contributed by atoms with Crippen molar-refractivity contribution in [2.75, 3.05) is 32.9 Å². The number of nitrogens with zero attached hydrogens (tertiary/aromatic N) is 2. The number of carbonyl (C=O) groups is 2. The Morgan fingerprint density at radius 3 is 2.73 bits per heavy atom. The molecule has 1 saturated heterocycles. The Labute approximate surface area is 191 Å². The maximum absolute atomic E-state index is 13.6. The minimum absolute atomic E-state index is 0.0542. The van der Waals surface area contributed by atoms with Gasteiger partial charge >= 0.3 is 5.69 Å². The van der Waals surface area contributed by atoms with Gasteiger partial charge in [-0.15, -0.1) is 0 Å². The highest BCUT2D eigenvalue weighted by atomic mass is 16.6. The van der Waals surface area contributed by atoms with Gasteiger partial charge in [0.15, 0.2) is 11.5 Å². The normalized spacial score (nSPS) is 21.0. The highest BCUT2D eigenvalue weighted by Gasteiger charge is 2.41. The number of amides is 1. The molecule has 2 aliphatic heterocycles. The van der Waals surface area contributed by atoms with Crippen LogP contribution in [0.15, 0.2) is 34.7 Å². The topological polar surface area (TPSA) is 131 Å². The monoisotopic (exact) mass is 457 g/mol. The molecule has 1 aromatic rings. The first-order chi connectivity index (χ1) is 15.8. The van der Waals surface area contributed by atoms with E-state index in [2.05, 4.69) is 5.32 Å². The van der Waals surface area contributed by atoms with Gasteiger partial charge in [0, 0.05) is 54.0 Å². The van der Waals surface area contributed by atoms with Crippen molar-refractivity contribution in [1.29, 1.82) is 0 Å². The van der Waals surface area contributed by atoms with Gasteiger partial charge in [-0.05, 0) is 38.3 Å². The van der Waals surface area contributed by atoms with Crippen LogP contribution in [0.2, 0.25) is 0 Å². The number of nitrogens with one attached hydrogen (secondary N) is 1. The van der Waals surface area contributed by atoms with Crippen LogP contribution in [0, 0.1) is 10.1 Å². The largest absolute Gasteiger partial charge is 0.500 e. The van der Waals surface area contributed by atoms with Crippen LogP contribution < -0.4 is 10.1 Å². The number of carbonyl (C=O) groups excluding carboxylic acids is 2. The molecule has 0 radical (unpaired) electrons. The Balaban J connectivity index is 1.91. The van der Waals surface area contributed by atoms with E-state index in [1.54, 1.807) is 18.7 Å². The van der Waals surface area contributed by atoms with Crippen molar-refractivity contribution >= 4 is 17.4 Å². The van der Waals surface area contributed by atoms with Gasteiger partial charge in [0.05, 0.1) is 24.7 Å². The van der Waals surface area contributed by atoms with Gasteiger partial charge in [-0.3, -0.25) is 19.7 Å². The number of benzene rings is 1. The third-order valence-corrected chi connectivity index (χ3v) is 6.21. The number of Topliss-reactive ketones (excluding diaryl/α,β-unsaturated/α-hetero) is 1. The number of allylic oxidation sites excluding steroid dienone is 3. The SMILES string of the molecule is CCOc1cc([C@@H]2C(C(=O)N3CCOCC3)=C(C)NC3=C2C(=O)CCC3)cc([N+](=O)[O-])c1O. The summed E-state index contributed by atoms with van der Waals surface area (Å²) in [4.78, 5) is 39.4. The predicted molar refractivity (Wildman–Crippen MR) is 118 cm³/mol. The number of ketones is 1. The Kier molecular flexibility index (Phi) is 6.37. The van der Waals surface area contributed by atoms with Crippen molar-refractivity contribution in [2.24, 2.45) is 0 Å². The van der Waals surface area contributed by atoms with Crippen LogP contribution in [0.25, 0.3) is 0 Å². The van der Waals surface area contributed by atoms with Crippen LogP contribution in [0.3, 0.4) is 0 Å². The summed E-state index contributed by atoms with van der Waals surface area (Å²) in [5.74, 6) is -1.77. The zero-order chi connectivity index (χ0) is 23.7. The van der Waals surface area contributed by atoms with Crippen LogP contribution in [-0.2, 0) is 14.3 Å². The van der Waals surface area contributed by atoms with E-state index in [-0.39, 0.29) is 24.0 Å². The van der Waals surface area contributed by atoms with Gasteiger partial charge < -0.3 is 24.8 Å². The number of ether oxygens (including phenoxy) is 2. The van der Waals surface area contributed by atoms with Crippen LogP contribution in [0.4, 0.5) is 5.69 Å². The number of phenols is 1. The Morgan fingerprint density at radius 2 is 2.06 bits per heavy atom. The van der Waals surface area contributed by atoms with Crippen molar-refractivity contribution in [3.63, 3.8) is 0 Å². The number of aromatic hydroxyl groups is 1. The van der Waals surface area contributed by atoms with Crippen molar-refractivity contribution < 1.29 is 29.1 Å². The third kappa shape index (κ3) is 4.18. The number of rotatable bonds is 5. The van der Waals surface area contributed by atoms with Gasteiger partial charge in [-0.1, -0.05) is 0 Å². The van der Waals surface area contributed by atoms with E-state index in [0.29, 0.717) is 68.0 Å². The number of nitro groups is 1. The summed E-state index contributed by atoms with van der Waals surface area (Å²) in [5, 5.41) is 25.3. The molecule has 0 aromatic heterocycles. The first-order valence-corrected chi connectivity index (χ1v) is 11.1. The molecule has 1 aromatic carbocycles. The molecule has 3 aliphatic rings. The molecule has 10 nitrogen and oxygen atoms in total. The van der Waals surface area contributed by atoms with E-state index in [0.717, 1.165) is 5.70 Å².